The molecule has 1 heterocycles. The Kier molecular flexibility index (Phi) is 4.58. The highest BCUT2D eigenvalue weighted by Gasteiger charge is 2.08. The number of aromatic nitrogens is 2. The van der Waals surface area contributed by atoms with E-state index in [1.54, 1.807) is 12.1 Å². The minimum Gasteiger partial charge on any atom is -0.228 e. The van der Waals surface area contributed by atoms with Gasteiger partial charge in [0.1, 0.15) is 5.15 Å². The van der Waals surface area contributed by atoms with Crippen LogP contribution in [0.2, 0.25) is 10.2 Å². The first kappa shape index (κ1) is 16.6. The maximum atomic E-state index is 6.41. The van der Waals surface area contributed by atoms with Gasteiger partial charge in [0.25, 0.3) is 0 Å². The molecule has 0 aliphatic rings. The largest absolute Gasteiger partial charge is 0.228 e. The third kappa shape index (κ3) is 3.55. The number of hydrogen-bond acceptors (Lipinski definition) is 2. The number of halogens is 2. The predicted octanol–water partition coefficient (Wildman–Crippen LogP) is 6.00. The molecular weight excluding hydrogens is 363 g/mol. The molecule has 124 valence electrons. The summed E-state index contributed by atoms with van der Waals surface area (Å²) in [7, 11) is 0. The Morgan fingerprint density at radius 3 is 2.19 bits per heavy atom. The molecule has 0 saturated heterocycles. The van der Waals surface area contributed by atoms with Gasteiger partial charge in [-0.25, -0.2) is 9.97 Å². The molecule has 0 saturated carbocycles. The molecule has 0 aliphatic heterocycles. The fraction of sp³-hybridized carbons (Fsp3) is 0. The van der Waals surface area contributed by atoms with E-state index < -0.39 is 0 Å². The van der Waals surface area contributed by atoms with Gasteiger partial charge in [-0.3, -0.25) is 0 Å². The molecule has 0 N–H and O–H groups in total. The highest BCUT2D eigenvalue weighted by Crippen LogP contribution is 2.26. The zero-order chi connectivity index (χ0) is 17.9. The summed E-state index contributed by atoms with van der Waals surface area (Å²) < 4.78 is 0. The first-order chi connectivity index (χ1) is 12.7. The second-order valence-electron chi connectivity index (χ2n) is 5.69. The van der Waals surface area contributed by atoms with E-state index >= 15 is 0 Å². The number of benzene rings is 3. The summed E-state index contributed by atoms with van der Waals surface area (Å²) in [5, 5.41) is 1.86. The van der Waals surface area contributed by atoms with Gasteiger partial charge in [-0.1, -0.05) is 53.2 Å². The van der Waals surface area contributed by atoms with Crippen LogP contribution in [-0.2, 0) is 0 Å². The molecule has 1 aromatic heterocycles. The Hall–Kier alpha value is -2.86. The number of hydrogen-bond donors (Lipinski definition) is 0. The van der Waals surface area contributed by atoms with Gasteiger partial charge in [0, 0.05) is 27.1 Å². The van der Waals surface area contributed by atoms with Crippen LogP contribution in [0, 0.1) is 11.8 Å². The molecule has 0 aliphatic carbocycles. The summed E-state index contributed by atoms with van der Waals surface area (Å²) >= 11 is 12.3. The van der Waals surface area contributed by atoms with Crippen molar-refractivity contribution in [2.24, 2.45) is 0 Å². The van der Waals surface area contributed by atoms with Crippen LogP contribution in [0.25, 0.3) is 22.3 Å². The van der Waals surface area contributed by atoms with E-state index in [9.17, 15) is 0 Å². The Balaban J connectivity index is 1.73. The van der Waals surface area contributed by atoms with Crippen LogP contribution in [-0.4, -0.2) is 9.97 Å². The van der Waals surface area contributed by atoms with Crippen LogP contribution >= 0.6 is 23.2 Å². The normalized spacial score (nSPS) is 10.4. The van der Waals surface area contributed by atoms with Crippen LogP contribution in [0.15, 0.2) is 72.8 Å². The lowest BCUT2D eigenvalue weighted by atomic mass is 10.1. The molecule has 4 heteroatoms. The molecule has 0 spiro atoms. The highest BCUT2D eigenvalue weighted by molar-refractivity contribution is 6.34. The number of rotatable bonds is 1. The molecule has 3 aromatic carbocycles. The second kappa shape index (κ2) is 7.17. The van der Waals surface area contributed by atoms with E-state index in [0.29, 0.717) is 16.0 Å². The summed E-state index contributed by atoms with van der Waals surface area (Å²) in [6.45, 7) is 0. The molecule has 2 nitrogen and oxygen atoms in total. The maximum absolute atomic E-state index is 6.41. The lowest BCUT2D eigenvalue weighted by Crippen LogP contribution is -1.92. The van der Waals surface area contributed by atoms with Gasteiger partial charge in [0.15, 0.2) is 5.82 Å². The van der Waals surface area contributed by atoms with Crippen molar-refractivity contribution >= 4 is 34.1 Å². The van der Waals surface area contributed by atoms with E-state index in [1.165, 1.54) is 0 Å². The number of nitrogens with zero attached hydrogens (tertiary/aromatic N) is 2. The Labute approximate surface area is 161 Å². The van der Waals surface area contributed by atoms with Crippen LogP contribution in [0.5, 0.6) is 0 Å². The molecule has 0 unspecified atom stereocenters. The van der Waals surface area contributed by atoms with Crippen LogP contribution in [0.1, 0.15) is 11.1 Å². The van der Waals surface area contributed by atoms with Crippen LogP contribution in [0.3, 0.4) is 0 Å². The standard InChI is InChI=1S/C22H12Cl2N2/c23-18-11-9-17(10-12-18)22-25-20-13-8-16(14-19(20)21(24)26-22)7-6-15-4-2-1-3-5-15/h1-5,8-14H. The lowest BCUT2D eigenvalue weighted by molar-refractivity contribution is 1.23. The minimum atomic E-state index is 0.406. The molecule has 26 heavy (non-hydrogen) atoms. The van der Waals surface area contributed by atoms with Gasteiger partial charge >= 0.3 is 0 Å². The molecule has 4 rings (SSSR count). The summed E-state index contributed by atoms with van der Waals surface area (Å²) in [5.74, 6) is 6.87. The summed E-state index contributed by atoms with van der Waals surface area (Å²) in [4.78, 5) is 9.03. The fourth-order valence-corrected chi connectivity index (χ4v) is 2.92. The van der Waals surface area contributed by atoms with Gasteiger partial charge in [-0.05, 0) is 54.6 Å². The Morgan fingerprint density at radius 1 is 0.692 bits per heavy atom. The zero-order valence-electron chi connectivity index (χ0n) is 13.6. The molecule has 0 radical (unpaired) electrons. The summed E-state index contributed by atoms with van der Waals surface area (Å²) in [5.41, 5.74) is 3.48. The smallest absolute Gasteiger partial charge is 0.161 e. The first-order valence-corrected chi connectivity index (χ1v) is 8.75. The van der Waals surface area contributed by atoms with E-state index in [-0.39, 0.29) is 0 Å². The SMILES string of the molecule is Clc1ccc(-c2nc(Cl)c3cc(C#Cc4ccccc4)ccc3n2)cc1. The average Bonchev–Trinajstić information content (AvgIpc) is 2.68. The quantitative estimate of drug-likeness (QED) is 0.301. The van der Waals surface area contributed by atoms with E-state index in [2.05, 4.69) is 21.8 Å². The number of fused-ring (bicyclic) bond motifs is 1. The van der Waals surface area contributed by atoms with Crippen molar-refractivity contribution in [3.63, 3.8) is 0 Å². The van der Waals surface area contributed by atoms with Crippen molar-refractivity contribution in [1.29, 1.82) is 0 Å². The van der Waals surface area contributed by atoms with Crippen molar-refractivity contribution in [2.75, 3.05) is 0 Å². The summed E-state index contributed by atoms with van der Waals surface area (Å²) in [6, 6.07) is 23.0. The first-order valence-electron chi connectivity index (χ1n) is 7.99. The molecule has 0 bridgehead atoms. The predicted molar refractivity (Wildman–Crippen MR) is 107 cm³/mol. The molecule has 0 amide bonds. The third-order valence-corrected chi connectivity index (χ3v) is 4.42. The minimum absolute atomic E-state index is 0.406. The van der Waals surface area contributed by atoms with Gasteiger partial charge in [0.05, 0.1) is 5.52 Å². The fourth-order valence-electron chi connectivity index (χ4n) is 2.56. The van der Waals surface area contributed by atoms with E-state index in [1.807, 2.05) is 60.7 Å². The summed E-state index contributed by atoms with van der Waals surface area (Å²) in [6.07, 6.45) is 0. The van der Waals surface area contributed by atoms with Crippen molar-refractivity contribution in [2.45, 2.75) is 0 Å². The van der Waals surface area contributed by atoms with Crippen molar-refractivity contribution in [3.05, 3.63) is 94.1 Å². The van der Waals surface area contributed by atoms with Crippen LogP contribution in [0.4, 0.5) is 0 Å². The topological polar surface area (TPSA) is 25.8 Å². The molecule has 0 fully saturated rings. The highest BCUT2D eigenvalue weighted by atomic mass is 35.5. The van der Waals surface area contributed by atoms with Gasteiger partial charge in [-0.2, -0.15) is 0 Å². The van der Waals surface area contributed by atoms with E-state index in [4.69, 9.17) is 23.2 Å². The molecular formula is C22H12Cl2N2. The zero-order valence-corrected chi connectivity index (χ0v) is 15.1. The second-order valence-corrected chi connectivity index (χ2v) is 6.49. The average molecular weight is 375 g/mol. The monoisotopic (exact) mass is 374 g/mol. The third-order valence-electron chi connectivity index (χ3n) is 3.88. The van der Waals surface area contributed by atoms with E-state index in [0.717, 1.165) is 27.6 Å². The van der Waals surface area contributed by atoms with Gasteiger partial charge < -0.3 is 0 Å². The van der Waals surface area contributed by atoms with Crippen molar-refractivity contribution in [3.8, 4) is 23.2 Å². The maximum Gasteiger partial charge on any atom is 0.161 e. The van der Waals surface area contributed by atoms with Gasteiger partial charge in [-0.15, -0.1) is 0 Å². The van der Waals surface area contributed by atoms with Crippen molar-refractivity contribution in [1.82, 2.24) is 9.97 Å². The molecule has 4 aromatic rings. The van der Waals surface area contributed by atoms with Crippen molar-refractivity contribution < 1.29 is 0 Å². The Bertz CT molecular complexity index is 1140. The molecule has 0 atom stereocenters. The lowest BCUT2D eigenvalue weighted by Gasteiger charge is -2.05. The van der Waals surface area contributed by atoms with Crippen LogP contribution < -0.4 is 0 Å². The Morgan fingerprint density at radius 2 is 1.42 bits per heavy atom. The van der Waals surface area contributed by atoms with Gasteiger partial charge in [0.2, 0.25) is 0 Å².